The molecule has 3 aromatic carbocycles. The summed E-state index contributed by atoms with van der Waals surface area (Å²) in [5.74, 6) is -0.598. The SMILES string of the molecule is CCCCNC(=O)[C@H](Cc1ccccc1)N(Cc1ccc(F)cc1)C(=O)COc1ccccc1Cl. The zero-order valence-electron chi connectivity index (χ0n) is 19.8. The number of para-hydroxylation sites is 1. The Morgan fingerprint density at radius 2 is 1.66 bits per heavy atom. The van der Waals surface area contributed by atoms with Crippen molar-refractivity contribution >= 4 is 23.4 Å². The highest BCUT2D eigenvalue weighted by atomic mass is 35.5. The number of carbonyl (C=O) groups excluding carboxylic acids is 2. The van der Waals surface area contributed by atoms with Crippen molar-refractivity contribution in [1.29, 1.82) is 0 Å². The summed E-state index contributed by atoms with van der Waals surface area (Å²) in [6, 6.07) is 21.6. The third-order valence-electron chi connectivity index (χ3n) is 5.55. The first-order chi connectivity index (χ1) is 17.0. The van der Waals surface area contributed by atoms with E-state index in [-0.39, 0.29) is 30.8 Å². The van der Waals surface area contributed by atoms with Gasteiger partial charge < -0.3 is 15.0 Å². The summed E-state index contributed by atoms with van der Waals surface area (Å²) in [6.45, 7) is 2.40. The van der Waals surface area contributed by atoms with E-state index in [1.807, 2.05) is 37.3 Å². The fraction of sp³-hybridized carbons (Fsp3) is 0.286. The van der Waals surface area contributed by atoms with Crippen molar-refractivity contribution in [3.63, 3.8) is 0 Å². The van der Waals surface area contributed by atoms with E-state index in [0.29, 0.717) is 29.3 Å². The highest BCUT2D eigenvalue weighted by molar-refractivity contribution is 6.32. The smallest absolute Gasteiger partial charge is 0.261 e. The first kappa shape index (κ1) is 26.2. The molecule has 0 unspecified atom stereocenters. The van der Waals surface area contributed by atoms with Gasteiger partial charge in [0.15, 0.2) is 6.61 Å². The molecule has 0 aliphatic rings. The lowest BCUT2D eigenvalue weighted by molar-refractivity contribution is -0.142. The monoisotopic (exact) mass is 496 g/mol. The summed E-state index contributed by atoms with van der Waals surface area (Å²) >= 11 is 6.17. The third kappa shape index (κ3) is 8.11. The van der Waals surface area contributed by atoms with E-state index in [1.165, 1.54) is 17.0 Å². The van der Waals surface area contributed by atoms with Gasteiger partial charge in [0.2, 0.25) is 5.91 Å². The number of nitrogens with one attached hydrogen (secondary N) is 1. The maximum atomic E-state index is 13.5. The molecule has 0 saturated carbocycles. The molecule has 0 spiro atoms. The second-order valence-corrected chi connectivity index (χ2v) is 8.62. The van der Waals surface area contributed by atoms with Gasteiger partial charge in [-0.05, 0) is 41.8 Å². The molecule has 1 N–H and O–H groups in total. The van der Waals surface area contributed by atoms with Crippen LogP contribution in [0, 0.1) is 5.82 Å². The normalized spacial score (nSPS) is 11.5. The molecule has 0 aliphatic heterocycles. The molecule has 2 amide bonds. The predicted octanol–water partition coefficient (Wildman–Crippen LogP) is 5.41. The topological polar surface area (TPSA) is 58.6 Å². The van der Waals surface area contributed by atoms with Crippen LogP contribution in [0.25, 0.3) is 0 Å². The average Bonchev–Trinajstić information content (AvgIpc) is 2.87. The van der Waals surface area contributed by atoms with Gasteiger partial charge in [-0.25, -0.2) is 4.39 Å². The van der Waals surface area contributed by atoms with Gasteiger partial charge in [-0.2, -0.15) is 0 Å². The molecule has 0 radical (unpaired) electrons. The molecular weight excluding hydrogens is 467 g/mol. The fourth-order valence-electron chi connectivity index (χ4n) is 3.63. The van der Waals surface area contributed by atoms with Gasteiger partial charge in [0.25, 0.3) is 5.91 Å². The van der Waals surface area contributed by atoms with Crippen LogP contribution in [0.2, 0.25) is 5.02 Å². The van der Waals surface area contributed by atoms with Gasteiger partial charge in [0, 0.05) is 19.5 Å². The van der Waals surface area contributed by atoms with Crippen molar-refractivity contribution in [3.8, 4) is 5.75 Å². The summed E-state index contributed by atoms with van der Waals surface area (Å²) in [7, 11) is 0. The molecule has 0 aromatic heterocycles. The van der Waals surface area contributed by atoms with Gasteiger partial charge in [0.05, 0.1) is 5.02 Å². The van der Waals surface area contributed by atoms with E-state index in [9.17, 15) is 14.0 Å². The number of ether oxygens (including phenoxy) is 1. The Hall–Kier alpha value is -3.38. The minimum atomic E-state index is -0.776. The maximum Gasteiger partial charge on any atom is 0.261 e. The molecule has 5 nitrogen and oxygen atoms in total. The summed E-state index contributed by atoms with van der Waals surface area (Å²) < 4.78 is 19.2. The molecule has 0 saturated heterocycles. The zero-order chi connectivity index (χ0) is 25.0. The van der Waals surface area contributed by atoms with Crippen LogP contribution in [0.3, 0.4) is 0 Å². The minimum absolute atomic E-state index is 0.129. The number of rotatable bonds is 12. The highest BCUT2D eigenvalue weighted by Gasteiger charge is 2.30. The Morgan fingerprint density at radius 1 is 0.971 bits per heavy atom. The van der Waals surface area contributed by atoms with Crippen molar-refractivity contribution in [1.82, 2.24) is 10.2 Å². The lowest BCUT2D eigenvalue weighted by Crippen LogP contribution is -2.51. The third-order valence-corrected chi connectivity index (χ3v) is 5.87. The van der Waals surface area contributed by atoms with Crippen LogP contribution in [-0.2, 0) is 22.6 Å². The summed E-state index contributed by atoms with van der Waals surface area (Å²) in [4.78, 5) is 28.3. The van der Waals surface area contributed by atoms with Crippen molar-refractivity contribution < 1.29 is 18.7 Å². The molecule has 7 heteroatoms. The van der Waals surface area contributed by atoms with E-state index in [4.69, 9.17) is 16.3 Å². The van der Waals surface area contributed by atoms with Crippen LogP contribution in [0.4, 0.5) is 4.39 Å². The number of hydrogen-bond donors (Lipinski definition) is 1. The van der Waals surface area contributed by atoms with E-state index < -0.39 is 6.04 Å². The average molecular weight is 497 g/mol. The molecule has 3 aromatic rings. The Labute approximate surface area is 210 Å². The summed E-state index contributed by atoms with van der Waals surface area (Å²) in [5, 5.41) is 3.35. The predicted molar refractivity (Wildman–Crippen MR) is 136 cm³/mol. The second-order valence-electron chi connectivity index (χ2n) is 8.22. The Bertz CT molecular complexity index is 1090. The maximum absolute atomic E-state index is 13.5. The van der Waals surface area contributed by atoms with Gasteiger partial charge in [-0.1, -0.05) is 79.5 Å². The number of nitrogens with zero attached hydrogens (tertiary/aromatic N) is 1. The summed E-state index contributed by atoms with van der Waals surface area (Å²) in [5.41, 5.74) is 1.63. The largest absolute Gasteiger partial charge is 0.482 e. The van der Waals surface area contributed by atoms with Crippen molar-refractivity contribution in [2.75, 3.05) is 13.2 Å². The van der Waals surface area contributed by atoms with Crippen LogP contribution in [-0.4, -0.2) is 35.9 Å². The van der Waals surface area contributed by atoms with Gasteiger partial charge in [0.1, 0.15) is 17.6 Å². The number of amides is 2. The first-order valence-electron chi connectivity index (χ1n) is 11.7. The molecule has 35 heavy (non-hydrogen) atoms. The van der Waals surface area contributed by atoms with Gasteiger partial charge >= 0.3 is 0 Å². The molecule has 1 atom stereocenters. The van der Waals surface area contributed by atoms with Crippen molar-refractivity contribution in [2.24, 2.45) is 0 Å². The quantitative estimate of drug-likeness (QED) is 0.341. The number of hydrogen-bond acceptors (Lipinski definition) is 3. The molecule has 0 fully saturated rings. The number of unbranched alkanes of at least 4 members (excludes halogenated alkanes) is 1. The number of benzene rings is 3. The second kappa shape index (κ2) is 13.5. The molecule has 3 rings (SSSR count). The lowest BCUT2D eigenvalue weighted by Gasteiger charge is -2.31. The fourth-order valence-corrected chi connectivity index (χ4v) is 3.82. The van der Waals surface area contributed by atoms with E-state index in [1.54, 1.807) is 36.4 Å². The Kier molecular flexibility index (Phi) is 10.1. The van der Waals surface area contributed by atoms with Crippen molar-refractivity contribution in [2.45, 2.75) is 38.8 Å². The van der Waals surface area contributed by atoms with Crippen molar-refractivity contribution in [3.05, 3.63) is 101 Å². The van der Waals surface area contributed by atoms with Crippen LogP contribution in [0.1, 0.15) is 30.9 Å². The molecule has 0 bridgehead atoms. The Morgan fingerprint density at radius 3 is 2.34 bits per heavy atom. The van der Waals surface area contributed by atoms with E-state index in [2.05, 4.69) is 5.32 Å². The van der Waals surface area contributed by atoms with Crippen LogP contribution in [0.15, 0.2) is 78.9 Å². The van der Waals surface area contributed by atoms with Gasteiger partial charge in [-0.15, -0.1) is 0 Å². The zero-order valence-corrected chi connectivity index (χ0v) is 20.5. The number of halogens is 2. The standard InChI is InChI=1S/C28H30ClFN2O3/c1-2-3-17-31-28(34)25(18-21-9-5-4-6-10-21)32(19-22-13-15-23(30)16-14-22)27(33)20-35-26-12-8-7-11-24(26)29/h4-16,25H,2-3,17-20H2,1H3,(H,31,34)/t25-/m0/s1. The minimum Gasteiger partial charge on any atom is -0.482 e. The summed E-state index contributed by atoms with van der Waals surface area (Å²) in [6.07, 6.45) is 2.11. The Balaban J connectivity index is 1.88. The van der Waals surface area contributed by atoms with Crippen LogP contribution in [0.5, 0.6) is 5.75 Å². The number of carbonyl (C=O) groups is 2. The molecule has 0 heterocycles. The van der Waals surface area contributed by atoms with E-state index >= 15 is 0 Å². The first-order valence-corrected chi connectivity index (χ1v) is 12.1. The van der Waals surface area contributed by atoms with E-state index in [0.717, 1.165) is 18.4 Å². The molecular formula is C28H30ClFN2O3. The molecule has 0 aliphatic carbocycles. The van der Waals surface area contributed by atoms with Crippen LogP contribution >= 0.6 is 11.6 Å². The van der Waals surface area contributed by atoms with Gasteiger partial charge in [-0.3, -0.25) is 9.59 Å². The lowest BCUT2D eigenvalue weighted by atomic mass is 10.0. The molecule has 184 valence electrons. The van der Waals surface area contributed by atoms with Crippen LogP contribution < -0.4 is 10.1 Å². The highest BCUT2D eigenvalue weighted by Crippen LogP contribution is 2.23.